The maximum Gasteiger partial charge on any atom is 0.243 e. The molecule has 0 saturated carbocycles. The average Bonchev–Trinajstić information content (AvgIpc) is 2.60. The first kappa shape index (κ1) is 18.7. The molecule has 24 heavy (non-hydrogen) atoms. The van der Waals surface area contributed by atoms with Crippen LogP contribution in [0.1, 0.15) is 26.2 Å². The lowest BCUT2D eigenvalue weighted by Crippen LogP contribution is -2.40. The highest BCUT2D eigenvalue weighted by Crippen LogP contribution is 2.29. The molecule has 1 saturated heterocycles. The molecule has 1 aromatic carbocycles. The lowest BCUT2D eigenvalue weighted by Gasteiger charge is -2.26. The number of sulfonamides is 1. The van der Waals surface area contributed by atoms with Gasteiger partial charge in [0.1, 0.15) is 5.75 Å². The number of benzene rings is 1. The maximum absolute atomic E-state index is 12.7. The van der Waals surface area contributed by atoms with Gasteiger partial charge in [-0.1, -0.05) is 13.3 Å². The molecule has 1 aromatic rings. The third-order valence-corrected chi connectivity index (χ3v) is 5.70. The van der Waals surface area contributed by atoms with Gasteiger partial charge in [-0.25, -0.2) is 8.42 Å². The number of rotatable bonds is 7. The molecule has 0 spiro atoms. The number of carbonyl (C=O) groups excluding carboxylic acids is 1. The van der Waals surface area contributed by atoms with Crippen molar-refractivity contribution in [3.8, 4) is 5.75 Å². The van der Waals surface area contributed by atoms with Gasteiger partial charge in [-0.2, -0.15) is 4.31 Å². The SMILES string of the molecule is CCCCC(=O)Nc1cc(S(=O)(=O)N2CCOCC2)ccc1OC. The van der Waals surface area contributed by atoms with Gasteiger partial charge in [-0.05, 0) is 24.6 Å². The molecule has 1 aliphatic heterocycles. The van der Waals surface area contributed by atoms with Crippen LogP contribution >= 0.6 is 0 Å². The topological polar surface area (TPSA) is 84.9 Å². The highest BCUT2D eigenvalue weighted by Gasteiger charge is 2.27. The first-order valence-electron chi connectivity index (χ1n) is 8.05. The van der Waals surface area contributed by atoms with Crippen molar-refractivity contribution in [1.82, 2.24) is 4.31 Å². The molecule has 1 fully saturated rings. The van der Waals surface area contributed by atoms with Crippen molar-refractivity contribution >= 4 is 21.6 Å². The minimum absolute atomic E-state index is 0.135. The molecular formula is C16H24N2O5S. The van der Waals surface area contributed by atoms with Gasteiger partial charge in [0.15, 0.2) is 0 Å². The number of methoxy groups -OCH3 is 1. The summed E-state index contributed by atoms with van der Waals surface area (Å²) in [4.78, 5) is 12.1. The zero-order valence-electron chi connectivity index (χ0n) is 14.1. The molecule has 1 aliphatic rings. The summed E-state index contributed by atoms with van der Waals surface area (Å²) in [6, 6.07) is 4.50. The van der Waals surface area contributed by atoms with E-state index < -0.39 is 10.0 Å². The Labute approximate surface area is 143 Å². The molecule has 2 rings (SSSR count). The Morgan fingerprint density at radius 2 is 2.04 bits per heavy atom. The van der Waals surface area contributed by atoms with Crippen LogP contribution in [0.4, 0.5) is 5.69 Å². The number of amides is 1. The minimum Gasteiger partial charge on any atom is -0.495 e. The van der Waals surface area contributed by atoms with E-state index in [0.717, 1.165) is 12.8 Å². The number of unbranched alkanes of at least 4 members (excludes halogenated alkanes) is 1. The molecule has 0 atom stereocenters. The summed E-state index contributed by atoms with van der Waals surface area (Å²) in [7, 11) is -2.14. The van der Waals surface area contributed by atoms with E-state index in [9.17, 15) is 13.2 Å². The van der Waals surface area contributed by atoms with Gasteiger partial charge in [-0.3, -0.25) is 4.79 Å². The van der Waals surface area contributed by atoms with Crippen LogP contribution in [0, 0.1) is 0 Å². The van der Waals surface area contributed by atoms with Gasteiger partial charge in [0.25, 0.3) is 0 Å². The second-order valence-corrected chi connectivity index (χ2v) is 7.47. The summed E-state index contributed by atoms with van der Waals surface area (Å²) in [6.07, 6.45) is 2.08. The molecule has 0 aromatic heterocycles. The third kappa shape index (κ3) is 4.46. The average molecular weight is 356 g/mol. The zero-order chi connectivity index (χ0) is 17.6. The number of nitrogens with zero attached hydrogens (tertiary/aromatic N) is 1. The summed E-state index contributed by atoms with van der Waals surface area (Å²) in [5.74, 6) is 0.275. The Kier molecular flexibility index (Phi) is 6.59. The fraction of sp³-hybridized carbons (Fsp3) is 0.562. The molecule has 8 heteroatoms. The van der Waals surface area contributed by atoms with Crippen molar-refractivity contribution in [2.45, 2.75) is 31.1 Å². The number of hydrogen-bond acceptors (Lipinski definition) is 5. The van der Waals surface area contributed by atoms with Crippen LogP contribution in [0.2, 0.25) is 0 Å². The van der Waals surface area contributed by atoms with Gasteiger partial charge in [-0.15, -0.1) is 0 Å². The minimum atomic E-state index is -3.62. The van der Waals surface area contributed by atoms with Gasteiger partial charge in [0.2, 0.25) is 15.9 Å². The van der Waals surface area contributed by atoms with Gasteiger partial charge >= 0.3 is 0 Å². The van der Waals surface area contributed by atoms with E-state index in [1.807, 2.05) is 6.92 Å². The first-order chi connectivity index (χ1) is 11.5. The van der Waals surface area contributed by atoms with Gasteiger partial charge in [0.05, 0.1) is 30.9 Å². The van der Waals surface area contributed by atoms with E-state index in [1.165, 1.54) is 23.5 Å². The Bertz CT molecular complexity index is 669. The van der Waals surface area contributed by atoms with Crippen LogP contribution in [-0.2, 0) is 19.6 Å². The van der Waals surface area contributed by atoms with Crippen molar-refractivity contribution in [3.05, 3.63) is 18.2 Å². The monoisotopic (exact) mass is 356 g/mol. The molecular weight excluding hydrogens is 332 g/mol. The number of carbonyl (C=O) groups is 1. The molecule has 0 unspecified atom stereocenters. The smallest absolute Gasteiger partial charge is 0.243 e. The lowest BCUT2D eigenvalue weighted by atomic mass is 10.2. The summed E-state index contributed by atoms with van der Waals surface area (Å²) in [6.45, 7) is 3.43. The molecule has 0 radical (unpaired) electrons. The lowest BCUT2D eigenvalue weighted by molar-refractivity contribution is -0.116. The number of nitrogens with one attached hydrogen (secondary N) is 1. The molecule has 0 aliphatic carbocycles. The van der Waals surface area contributed by atoms with Gasteiger partial charge in [0, 0.05) is 19.5 Å². The van der Waals surface area contributed by atoms with Crippen LogP contribution in [0.5, 0.6) is 5.75 Å². The first-order valence-corrected chi connectivity index (χ1v) is 9.49. The highest BCUT2D eigenvalue weighted by atomic mass is 32.2. The molecule has 1 amide bonds. The number of ether oxygens (including phenoxy) is 2. The summed E-state index contributed by atoms with van der Waals surface area (Å²) < 4.78 is 37.2. The maximum atomic E-state index is 12.7. The Morgan fingerprint density at radius 1 is 1.33 bits per heavy atom. The van der Waals surface area contributed by atoms with E-state index in [1.54, 1.807) is 6.07 Å². The van der Waals surface area contributed by atoms with Crippen molar-refractivity contribution in [2.75, 3.05) is 38.7 Å². The summed E-state index contributed by atoms with van der Waals surface area (Å²) in [5.41, 5.74) is 0.368. The third-order valence-electron chi connectivity index (χ3n) is 3.81. The van der Waals surface area contributed by atoms with E-state index in [0.29, 0.717) is 44.2 Å². The predicted molar refractivity (Wildman–Crippen MR) is 90.7 cm³/mol. The summed E-state index contributed by atoms with van der Waals surface area (Å²) in [5, 5.41) is 2.74. The predicted octanol–water partition coefficient (Wildman–Crippen LogP) is 1.84. The van der Waals surface area contributed by atoms with E-state index in [-0.39, 0.29) is 10.8 Å². The van der Waals surface area contributed by atoms with Crippen LogP contribution in [-0.4, -0.2) is 52.0 Å². The van der Waals surface area contributed by atoms with E-state index >= 15 is 0 Å². The number of anilines is 1. The van der Waals surface area contributed by atoms with Crippen LogP contribution in [0.25, 0.3) is 0 Å². The molecule has 7 nitrogen and oxygen atoms in total. The Morgan fingerprint density at radius 3 is 2.67 bits per heavy atom. The van der Waals surface area contributed by atoms with Crippen molar-refractivity contribution in [3.63, 3.8) is 0 Å². The molecule has 1 heterocycles. The molecule has 134 valence electrons. The quantitative estimate of drug-likeness (QED) is 0.806. The standard InChI is InChI=1S/C16H24N2O5S/c1-3-4-5-16(19)17-14-12-13(6-7-15(14)22-2)24(20,21)18-8-10-23-11-9-18/h6-7,12H,3-5,8-11H2,1-2H3,(H,17,19). The molecule has 0 bridgehead atoms. The Balaban J connectivity index is 2.25. The largest absolute Gasteiger partial charge is 0.495 e. The van der Waals surface area contributed by atoms with Crippen LogP contribution in [0.3, 0.4) is 0 Å². The second kappa shape index (κ2) is 8.46. The van der Waals surface area contributed by atoms with E-state index in [4.69, 9.17) is 9.47 Å². The highest BCUT2D eigenvalue weighted by molar-refractivity contribution is 7.89. The zero-order valence-corrected chi connectivity index (χ0v) is 14.9. The normalized spacial score (nSPS) is 15.9. The Hall–Kier alpha value is -1.64. The second-order valence-electron chi connectivity index (χ2n) is 5.53. The van der Waals surface area contributed by atoms with Crippen molar-refractivity contribution in [1.29, 1.82) is 0 Å². The number of hydrogen-bond donors (Lipinski definition) is 1. The fourth-order valence-electron chi connectivity index (χ4n) is 2.43. The van der Waals surface area contributed by atoms with Crippen LogP contribution < -0.4 is 10.1 Å². The number of morpholine rings is 1. The van der Waals surface area contributed by atoms with Crippen molar-refractivity contribution in [2.24, 2.45) is 0 Å². The van der Waals surface area contributed by atoms with E-state index in [2.05, 4.69) is 5.32 Å². The fourth-order valence-corrected chi connectivity index (χ4v) is 3.87. The summed E-state index contributed by atoms with van der Waals surface area (Å²) >= 11 is 0. The van der Waals surface area contributed by atoms with Crippen LogP contribution in [0.15, 0.2) is 23.1 Å². The van der Waals surface area contributed by atoms with Crippen molar-refractivity contribution < 1.29 is 22.7 Å². The van der Waals surface area contributed by atoms with Gasteiger partial charge < -0.3 is 14.8 Å². The molecule has 1 N–H and O–H groups in total.